The van der Waals surface area contributed by atoms with Gasteiger partial charge in [-0.3, -0.25) is 9.78 Å². The number of ether oxygens (including phenoxy) is 1. The highest BCUT2D eigenvalue weighted by molar-refractivity contribution is 5.98. The van der Waals surface area contributed by atoms with E-state index in [1.165, 1.54) is 12.8 Å². The van der Waals surface area contributed by atoms with E-state index < -0.39 is 0 Å². The van der Waals surface area contributed by atoms with Crippen molar-refractivity contribution >= 4 is 5.78 Å². The van der Waals surface area contributed by atoms with Crippen molar-refractivity contribution in [2.24, 2.45) is 5.92 Å². The van der Waals surface area contributed by atoms with Crippen molar-refractivity contribution in [2.75, 3.05) is 0 Å². The molecule has 1 aliphatic rings. The Bertz CT molecular complexity index is 395. The van der Waals surface area contributed by atoms with E-state index in [9.17, 15) is 4.79 Å². The second-order valence-corrected chi connectivity index (χ2v) is 4.92. The molecule has 3 nitrogen and oxygen atoms in total. The molecule has 0 spiro atoms. The van der Waals surface area contributed by atoms with Crippen LogP contribution in [0.1, 0.15) is 49.9 Å². The smallest absolute Gasteiger partial charge is 0.167 e. The fourth-order valence-electron chi connectivity index (χ4n) is 2.31. The number of hydrogen-bond donors (Lipinski definition) is 0. The zero-order chi connectivity index (χ0) is 12.3. The Labute approximate surface area is 102 Å². The van der Waals surface area contributed by atoms with Crippen molar-refractivity contribution < 1.29 is 9.53 Å². The lowest BCUT2D eigenvalue weighted by molar-refractivity contribution is 0.0921. The second-order valence-electron chi connectivity index (χ2n) is 4.92. The molecule has 0 aromatic carbocycles. The molecular formula is C14H19NO2. The number of nitrogens with zero attached hydrogens (tertiary/aromatic N) is 1. The van der Waals surface area contributed by atoms with Gasteiger partial charge in [-0.05, 0) is 32.8 Å². The minimum absolute atomic E-state index is 0.105. The maximum absolute atomic E-state index is 12.2. The molecule has 3 heteroatoms. The zero-order valence-electron chi connectivity index (χ0n) is 10.5. The van der Waals surface area contributed by atoms with Gasteiger partial charge in [0.05, 0.1) is 12.3 Å². The molecule has 2 rings (SSSR count). The van der Waals surface area contributed by atoms with Crippen LogP contribution in [-0.4, -0.2) is 16.9 Å². The highest BCUT2D eigenvalue weighted by atomic mass is 16.5. The molecule has 0 amide bonds. The largest absolute Gasteiger partial charge is 0.489 e. The third-order valence-corrected chi connectivity index (χ3v) is 3.10. The Kier molecular flexibility index (Phi) is 3.77. The van der Waals surface area contributed by atoms with E-state index in [2.05, 4.69) is 4.98 Å². The first-order valence-electron chi connectivity index (χ1n) is 6.32. The molecule has 1 aromatic heterocycles. The molecule has 0 aliphatic heterocycles. The van der Waals surface area contributed by atoms with Gasteiger partial charge in [0.15, 0.2) is 5.78 Å². The van der Waals surface area contributed by atoms with Crippen LogP contribution in [0.4, 0.5) is 0 Å². The normalized spacial score (nSPS) is 16.4. The third-order valence-electron chi connectivity index (χ3n) is 3.10. The number of hydrogen-bond acceptors (Lipinski definition) is 3. The molecule has 1 fully saturated rings. The van der Waals surface area contributed by atoms with Crippen LogP contribution in [0.25, 0.3) is 0 Å². The van der Waals surface area contributed by atoms with Gasteiger partial charge in [-0.25, -0.2) is 0 Å². The minimum Gasteiger partial charge on any atom is -0.489 e. The number of Topliss-reactive ketones (excluding diaryl/α,β-unsaturated/α-hetero) is 1. The molecule has 1 heterocycles. The van der Waals surface area contributed by atoms with E-state index in [4.69, 9.17) is 4.74 Å². The van der Waals surface area contributed by atoms with E-state index >= 15 is 0 Å². The lowest BCUT2D eigenvalue weighted by Gasteiger charge is -2.11. The van der Waals surface area contributed by atoms with E-state index in [1.807, 2.05) is 19.9 Å². The summed E-state index contributed by atoms with van der Waals surface area (Å²) in [4.78, 5) is 16.3. The predicted octanol–water partition coefficient (Wildman–Crippen LogP) is 3.24. The molecular weight excluding hydrogens is 214 g/mol. The highest BCUT2D eigenvalue weighted by Crippen LogP contribution is 2.28. The highest BCUT2D eigenvalue weighted by Gasteiger charge is 2.24. The summed E-state index contributed by atoms with van der Waals surface area (Å²) >= 11 is 0. The summed E-state index contributed by atoms with van der Waals surface area (Å²) in [5, 5.41) is 0. The maximum atomic E-state index is 12.2. The summed E-state index contributed by atoms with van der Waals surface area (Å²) in [6, 6.07) is 1.81. The van der Waals surface area contributed by atoms with Gasteiger partial charge in [0.1, 0.15) is 5.75 Å². The first-order valence-corrected chi connectivity index (χ1v) is 6.32. The SMILES string of the molecule is CC(C)Oc1cncc(C(=O)C2CCCC2)c1. The van der Waals surface area contributed by atoms with Gasteiger partial charge in [-0.15, -0.1) is 0 Å². The number of pyridine rings is 1. The van der Waals surface area contributed by atoms with Crippen molar-refractivity contribution in [2.45, 2.75) is 45.6 Å². The zero-order valence-corrected chi connectivity index (χ0v) is 10.5. The molecule has 1 aromatic rings. The molecule has 0 radical (unpaired) electrons. The van der Waals surface area contributed by atoms with Crippen molar-refractivity contribution in [1.82, 2.24) is 4.98 Å². The lowest BCUT2D eigenvalue weighted by atomic mass is 9.97. The Morgan fingerprint density at radius 2 is 2.06 bits per heavy atom. The van der Waals surface area contributed by atoms with Crippen LogP contribution in [0.2, 0.25) is 0 Å². The number of ketones is 1. The lowest BCUT2D eigenvalue weighted by Crippen LogP contribution is -2.12. The van der Waals surface area contributed by atoms with Crippen molar-refractivity contribution in [1.29, 1.82) is 0 Å². The molecule has 0 bridgehead atoms. The quantitative estimate of drug-likeness (QED) is 0.749. The molecule has 0 atom stereocenters. The summed E-state index contributed by atoms with van der Waals surface area (Å²) in [6.07, 6.45) is 7.80. The fourth-order valence-corrected chi connectivity index (χ4v) is 2.31. The van der Waals surface area contributed by atoms with E-state index in [0.29, 0.717) is 11.3 Å². The standard InChI is InChI=1S/C14H19NO2/c1-10(2)17-13-7-12(8-15-9-13)14(16)11-5-3-4-6-11/h7-11H,3-6H2,1-2H3. The fraction of sp³-hybridized carbons (Fsp3) is 0.571. The molecule has 0 saturated heterocycles. The van der Waals surface area contributed by atoms with Gasteiger partial charge < -0.3 is 4.74 Å². The minimum atomic E-state index is 0.105. The number of rotatable bonds is 4. The van der Waals surface area contributed by atoms with Gasteiger partial charge in [-0.2, -0.15) is 0 Å². The van der Waals surface area contributed by atoms with Crippen LogP contribution in [-0.2, 0) is 0 Å². The first-order chi connectivity index (χ1) is 8.16. The van der Waals surface area contributed by atoms with Crippen LogP contribution in [0.5, 0.6) is 5.75 Å². The Morgan fingerprint density at radius 3 is 2.71 bits per heavy atom. The molecule has 17 heavy (non-hydrogen) atoms. The van der Waals surface area contributed by atoms with E-state index in [-0.39, 0.29) is 17.8 Å². The summed E-state index contributed by atoms with van der Waals surface area (Å²) in [5.41, 5.74) is 0.690. The molecule has 1 aliphatic carbocycles. The van der Waals surface area contributed by atoms with Crippen molar-refractivity contribution in [3.8, 4) is 5.75 Å². The topological polar surface area (TPSA) is 39.2 Å². The maximum Gasteiger partial charge on any atom is 0.167 e. The monoisotopic (exact) mass is 233 g/mol. The molecule has 92 valence electrons. The van der Waals surface area contributed by atoms with Gasteiger partial charge in [0.25, 0.3) is 0 Å². The van der Waals surface area contributed by atoms with Crippen LogP contribution in [0, 0.1) is 5.92 Å². The van der Waals surface area contributed by atoms with Gasteiger partial charge in [-0.1, -0.05) is 12.8 Å². The number of carbonyl (C=O) groups excluding carboxylic acids is 1. The Morgan fingerprint density at radius 1 is 1.35 bits per heavy atom. The number of carbonyl (C=O) groups is 1. The Hall–Kier alpha value is -1.38. The van der Waals surface area contributed by atoms with Gasteiger partial charge in [0, 0.05) is 17.7 Å². The Balaban J connectivity index is 2.12. The van der Waals surface area contributed by atoms with Crippen LogP contribution in [0.15, 0.2) is 18.5 Å². The van der Waals surface area contributed by atoms with Crippen LogP contribution >= 0.6 is 0 Å². The summed E-state index contributed by atoms with van der Waals surface area (Å²) in [5.74, 6) is 1.11. The van der Waals surface area contributed by atoms with E-state index in [1.54, 1.807) is 12.4 Å². The average molecular weight is 233 g/mol. The first kappa shape index (κ1) is 12.1. The molecule has 0 N–H and O–H groups in total. The number of aromatic nitrogens is 1. The van der Waals surface area contributed by atoms with Gasteiger partial charge in [0.2, 0.25) is 0 Å². The summed E-state index contributed by atoms with van der Waals surface area (Å²) in [6.45, 7) is 3.93. The third kappa shape index (κ3) is 3.05. The second kappa shape index (κ2) is 5.30. The molecule has 1 saturated carbocycles. The van der Waals surface area contributed by atoms with Crippen LogP contribution in [0.3, 0.4) is 0 Å². The van der Waals surface area contributed by atoms with Crippen molar-refractivity contribution in [3.05, 3.63) is 24.0 Å². The molecule has 0 unspecified atom stereocenters. The van der Waals surface area contributed by atoms with E-state index in [0.717, 1.165) is 12.8 Å². The average Bonchev–Trinajstić information content (AvgIpc) is 2.81. The predicted molar refractivity (Wildman–Crippen MR) is 66.3 cm³/mol. The van der Waals surface area contributed by atoms with Crippen molar-refractivity contribution in [3.63, 3.8) is 0 Å². The van der Waals surface area contributed by atoms with Gasteiger partial charge >= 0.3 is 0 Å². The summed E-state index contributed by atoms with van der Waals surface area (Å²) < 4.78 is 5.55. The van der Waals surface area contributed by atoms with Crippen LogP contribution < -0.4 is 4.74 Å². The summed E-state index contributed by atoms with van der Waals surface area (Å²) in [7, 11) is 0.